The maximum atomic E-state index is 13.3. The molecule has 1 aromatic heterocycles. The molecule has 1 N–H and O–H groups in total. The van der Waals surface area contributed by atoms with Crippen LogP contribution >= 0.6 is 0 Å². The Kier molecular flexibility index (Phi) is 4.17. The highest BCUT2D eigenvalue weighted by atomic mass is 19.1. The van der Waals surface area contributed by atoms with Gasteiger partial charge in [0, 0.05) is 18.2 Å². The molecule has 1 heterocycles. The van der Waals surface area contributed by atoms with Gasteiger partial charge in [0.05, 0.1) is 5.69 Å². The van der Waals surface area contributed by atoms with Crippen LogP contribution in [0.1, 0.15) is 31.3 Å². The van der Waals surface area contributed by atoms with Crippen LogP contribution in [-0.4, -0.2) is 21.7 Å². The zero-order valence-electron chi connectivity index (χ0n) is 11.9. The van der Waals surface area contributed by atoms with Gasteiger partial charge in [0.15, 0.2) is 5.69 Å². The molecule has 0 spiro atoms. The van der Waals surface area contributed by atoms with Gasteiger partial charge in [-0.3, -0.25) is 9.48 Å². The number of benzene rings is 1. The SMILES string of the molecule is CCn1nc(C(=O)NC(C)C)cc1-c1cccc(F)c1. The van der Waals surface area contributed by atoms with Gasteiger partial charge in [-0.2, -0.15) is 5.10 Å². The molecule has 0 unspecified atom stereocenters. The summed E-state index contributed by atoms with van der Waals surface area (Å²) < 4.78 is 15.0. The van der Waals surface area contributed by atoms with E-state index in [1.54, 1.807) is 22.9 Å². The van der Waals surface area contributed by atoms with E-state index < -0.39 is 0 Å². The van der Waals surface area contributed by atoms with Crippen molar-refractivity contribution in [1.29, 1.82) is 0 Å². The van der Waals surface area contributed by atoms with Crippen LogP contribution in [0.15, 0.2) is 30.3 Å². The zero-order valence-corrected chi connectivity index (χ0v) is 11.9. The Labute approximate surface area is 117 Å². The van der Waals surface area contributed by atoms with Crippen molar-refractivity contribution in [2.75, 3.05) is 0 Å². The van der Waals surface area contributed by atoms with E-state index in [0.717, 1.165) is 5.69 Å². The molecule has 0 aliphatic carbocycles. The number of hydrogen-bond acceptors (Lipinski definition) is 2. The van der Waals surface area contributed by atoms with E-state index in [4.69, 9.17) is 0 Å². The number of carbonyl (C=O) groups excluding carboxylic acids is 1. The number of nitrogens with zero attached hydrogens (tertiary/aromatic N) is 2. The molecule has 4 nitrogen and oxygen atoms in total. The Morgan fingerprint density at radius 1 is 1.40 bits per heavy atom. The van der Waals surface area contributed by atoms with Crippen molar-refractivity contribution in [3.05, 3.63) is 41.8 Å². The molecule has 0 bridgehead atoms. The van der Waals surface area contributed by atoms with E-state index in [1.165, 1.54) is 12.1 Å². The summed E-state index contributed by atoms with van der Waals surface area (Å²) in [5.74, 6) is -0.524. The molecule has 1 amide bonds. The van der Waals surface area contributed by atoms with E-state index in [0.29, 0.717) is 17.8 Å². The smallest absolute Gasteiger partial charge is 0.271 e. The van der Waals surface area contributed by atoms with Crippen molar-refractivity contribution in [3.63, 3.8) is 0 Å². The summed E-state index contributed by atoms with van der Waals surface area (Å²) in [6, 6.07) is 8.01. The van der Waals surface area contributed by atoms with E-state index >= 15 is 0 Å². The van der Waals surface area contributed by atoms with Gasteiger partial charge in [0.2, 0.25) is 0 Å². The molecule has 2 aromatic rings. The number of aromatic nitrogens is 2. The van der Waals surface area contributed by atoms with Crippen LogP contribution in [0, 0.1) is 5.82 Å². The number of halogens is 1. The van der Waals surface area contributed by atoms with Crippen LogP contribution in [0.5, 0.6) is 0 Å². The van der Waals surface area contributed by atoms with Crippen molar-refractivity contribution in [2.45, 2.75) is 33.4 Å². The van der Waals surface area contributed by atoms with Gasteiger partial charge in [-0.25, -0.2) is 4.39 Å². The van der Waals surface area contributed by atoms with E-state index in [2.05, 4.69) is 10.4 Å². The summed E-state index contributed by atoms with van der Waals surface area (Å²) in [7, 11) is 0. The minimum Gasteiger partial charge on any atom is -0.348 e. The van der Waals surface area contributed by atoms with Gasteiger partial charge in [-0.1, -0.05) is 12.1 Å². The minimum atomic E-state index is -0.306. The molecule has 0 radical (unpaired) electrons. The first-order chi connectivity index (χ1) is 9.51. The summed E-state index contributed by atoms with van der Waals surface area (Å²) in [6.45, 7) is 6.32. The fourth-order valence-corrected chi connectivity index (χ4v) is 1.99. The lowest BCUT2D eigenvalue weighted by Gasteiger charge is -2.05. The summed E-state index contributed by atoms with van der Waals surface area (Å²) in [4.78, 5) is 12.0. The second kappa shape index (κ2) is 5.86. The van der Waals surface area contributed by atoms with Crippen LogP contribution in [0.2, 0.25) is 0 Å². The lowest BCUT2D eigenvalue weighted by Crippen LogP contribution is -2.30. The topological polar surface area (TPSA) is 46.9 Å². The number of aryl methyl sites for hydroxylation is 1. The molecule has 0 aliphatic heterocycles. The molecule has 5 heteroatoms. The number of nitrogens with one attached hydrogen (secondary N) is 1. The average Bonchev–Trinajstić information content (AvgIpc) is 2.82. The Bertz CT molecular complexity index is 619. The van der Waals surface area contributed by atoms with Crippen molar-refractivity contribution in [3.8, 4) is 11.3 Å². The third-order valence-corrected chi connectivity index (χ3v) is 2.85. The minimum absolute atomic E-state index is 0.0481. The van der Waals surface area contributed by atoms with Crippen molar-refractivity contribution < 1.29 is 9.18 Å². The largest absolute Gasteiger partial charge is 0.348 e. The third kappa shape index (κ3) is 3.04. The average molecular weight is 275 g/mol. The molecule has 2 rings (SSSR count). The first-order valence-corrected chi connectivity index (χ1v) is 6.66. The van der Waals surface area contributed by atoms with Crippen LogP contribution in [0.25, 0.3) is 11.3 Å². The first-order valence-electron chi connectivity index (χ1n) is 6.66. The molecule has 0 aliphatic rings. The van der Waals surface area contributed by atoms with E-state index in [-0.39, 0.29) is 17.8 Å². The quantitative estimate of drug-likeness (QED) is 0.932. The predicted octanol–water partition coefficient (Wildman–Crippen LogP) is 2.85. The highest BCUT2D eigenvalue weighted by Gasteiger charge is 2.15. The van der Waals surface area contributed by atoms with Crippen LogP contribution < -0.4 is 5.32 Å². The monoisotopic (exact) mass is 275 g/mol. The molecule has 0 atom stereocenters. The highest BCUT2D eigenvalue weighted by Crippen LogP contribution is 2.21. The standard InChI is InChI=1S/C15H18FN3O/c1-4-19-14(11-6-5-7-12(16)8-11)9-13(18-19)15(20)17-10(2)3/h5-10H,4H2,1-3H3,(H,17,20). The fraction of sp³-hybridized carbons (Fsp3) is 0.333. The summed E-state index contributed by atoms with van der Waals surface area (Å²) >= 11 is 0. The Balaban J connectivity index is 2.39. The van der Waals surface area contributed by atoms with Crippen LogP contribution in [0.3, 0.4) is 0 Å². The molecular weight excluding hydrogens is 257 g/mol. The second-order valence-electron chi connectivity index (χ2n) is 4.87. The highest BCUT2D eigenvalue weighted by molar-refractivity contribution is 5.93. The predicted molar refractivity (Wildman–Crippen MR) is 75.9 cm³/mol. The van der Waals surface area contributed by atoms with Crippen molar-refractivity contribution in [2.24, 2.45) is 0 Å². The number of hydrogen-bond donors (Lipinski definition) is 1. The number of rotatable bonds is 4. The van der Waals surface area contributed by atoms with E-state index in [1.807, 2.05) is 20.8 Å². The molecule has 0 saturated heterocycles. The molecule has 106 valence electrons. The van der Waals surface area contributed by atoms with Gasteiger partial charge in [-0.15, -0.1) is 0 Å². The Morgan fingerprint density at radius 3 is 2.75 bits per heavy atom. The van der Waals surface area contributed by atoms with E-state index in [9.17, 15) is 9.18 Å². The maximum absolute atomic E-state index is 13.3. The first kappa shape index (κ1) is 14.2. The number of amides is 1. The van der Waals surface area contributed by atoms with Gasteiger partial charge in [0.25, 0.3) is 5.91 Å². The fourth-order valence-electron chi connectivity index (χ4n) is 1.99. The molecule has 0 fully saturated rings. The van der Waals surface area contributed by atoms with Crippen molar-refractivity contribution in [1.82, 2.24) is 15.1 Å². The number of carbonyl (C=O) groups is 1. The molecular formula is C15H18FN3O. The summed E-state index contributed by atoms with van der Waals surface area (Å²) in [5, 5.41) is 7.07. The zero-order chi connectivity index (χ0) is 14.7. The van der Waals surface area contributed by atoms with Gasteiger partial charge in [0.1, 0.15) is 5.82 Å². The van der Waals surface area contributed by atoms with Gasteiger partial charge in [-0.05, 0) is 39.0 Å². The second-order valence-corrected chi connectivity index (χ2v) is 4.87. The van der Waals surface area contributed by atoms with Gasteiger partial charge < -0.3 is 5.32 Å². The summed E-state index contributed by atoms with van der Waals surface area (Å²) in [6.07, 6.45) is 0. The van der Waals surface area contributed by atoms with Crippen LogP contribution in [-0.2, 0) is 6.54 Å². The summed E-state index contributed by atoms with van der Waals surface area (Å²) in [5.41, 5.74) is 1.80. The maximum Gasteiger partial charge on any atom is 0.271 e. The Morgan fingerprint density at radius 2 is 2.15 bits per heavy atom. The lowest BCUT2D eigenvalue weighted by molar-refractivity contribution is 0.0937. The Hall–Kier alpha value is -2.17. The third-order valence-electron chi connectivity index (χ3n) is 2.85. The van der Waals surface area contributed by atoms with Gasteiger partial charge >= 0.3 is 0 Å². The molecule has 20 heavy (non-hydrogen) atoms. The lowest BCUT2D eigenvalue weighted by atomic mass is 10.1. The molecule has 1 aromatic carbocycles. The normalized spacial score (nSPS) is 10.8. The molecule has 0 saturated carbocycles. The van der Waals surface area contributed by atoms with Crippen LogP contribution in [0.4, 0.5) is 4.39 Å². The van der Waals surface area contributed by atoms with Crippen molar-refractivity contribution >= 4 is 5.91 Å².